The zero-order valence-corrected chi connectivity index (χ0v) is 17.7. The summed E-state index contributed by atoms with van der Waals surface area (Å²) in [6.45, 7) is 2.93. The average molecular weight is 426 g/mol. The predicted molar refractivity (Wildman–Crippen MR) is 120 cm³/mol. The molecule has 2 aliphatic heterocycles. The largest absolute Gasteiger partial charge is 0.508 e. The molecule has 0 atom stereocenters. The lowest BCUT2D eigenvalue weighted by molar-refractivity contribution is 0.0746. The number of rotatable bonds is 3. The Bertz CT molecular complexity index is 1020. The van der Waals surface area contributed by atoms with Gasteiger partial charge in [0.15, 0.2) is 0 Å². The molecule has 1 amide bonds. The molecular weight excluding hydrogens is 402 g/mol. The van der Waals surface area contributed by atoms with E-state index in [-0.39, 0.29) is 11.7 Å². The van der Waals surface area contributed by atoms with Crippen LogP contribution < -0.4 is 4.90 Å². The Morgan fingerprint density at radius 2 is 1.83 bits per heavy atom. The van der Waals surface area contributed by atoms with Crippen LogP contribution in [0.1, 0.15) is 20.8 Å². The van der Waals surface area contributed by atoms with Crippen LogP contribution in [-0.2, 0) is 12.2 Å². The fraction of sp³-hybridized carbons (Fsp3) is 0.318. The number of piperazine rings is 1. The van der Waals surface area contributed by atoms with E-state index in [1.807, 2.05) is 53.3 Å². The zero-order chi connectivity index (χ0) is 19.8. The first-order valence-electron chi connectivity index (χ1n) is 9.89. The lowest BCUT2D eigenvalue weighted by Crippen LogP contribution is -2.49. The first-order chi connectivity index (χ1) is 14.2. The van der Waals surface area contributed by atoms with Crippen molar-refractivity contribution in [2.45, 2.75) is 12.2 Å². The number of anilines is 1. The Hall–Kier alpha value is -2.38. The smallest absolute Gasteiger partial charge is 0.257 e. The number of thiophene rings is 1. The molecule has 0 unspecified atom stereocenters. The lowest BCUT2D eigenvalue weighted by Gasteiger charge is -2.36. The second-order valence-electron chi connectivity index (χ2n) is 7.38. The number of phenols is 1. The van der Waals surface area contributed by atoms with E-state index in [0.717, 1.165) is 47.3 Å². The van der Waals surface area contributed by atoms with Gasteiger partial charge in [-0.05, 0) is 42.0 Å². The highest BCUT2D eigenvalue weighted by molar-refractivity contribution is 7.98. The summed E-state index contributed by atoms with van der Waals surface area (Å²) in [6.07, 6.45) is 5.03. The van der Waals surface area contributed by atoms with Crippen molar-refractivity contribution in [2.75, 3.05) is 36.8 Å². The number of carbonyl (C=O) groups excluding carboxylic acids is 1. The summed E-state index contributed by atoms with van der Waals surface area (Å²) < 4.78 is 2.09. The number of aromatic nitrogens is 1. The average Bonchev–Trinajstić information content (AvgIpc) is 3.41. The molecule has 1 fully saturated rings. The molecule has 0 bridgehead atoms. The Morgan fingerprint density at radius 3 is 2.59 bits per heavy atom. The number of benzene rings is 1. The van der Waals surface area contributed by atoms with E-state index in [2.05, 4.69) is 9.47 Å². The summed E-state index contributed by atoms with van der Waals surface area (Å²) in [5.41, 5.74) is 3.18. The summed E-state index contributed by atoms with van der Waals surface area (Å²) >= 11 is 3.72. The number of amides is 1. The van der Waals surface area contributed by atoms with E-state index >= 15 is 0 Å². The van der Waals surface area contributed by atoms with Gasteiger partial charge in [-0.15, -0.1) is 11.3 Å². The molecule has 1 saturated heterocycles. The molecule has 0 radical (unpaired) electrons. The maximum absolute atomic E-state index is 13.6. The molecule has 0 aliphatic carbocycles. The van der Waals surface area contributed by atoms with Gasteiger partial charge < -0.3 is 19.5 Å². The van der Waals surface area contributed by atoms with Crippen LogP contribution >= 0.6 is 23.1 Å². The quantitative estimate of drug-likeness (QED) is 0.689. The number of hydrogen-bond donors (Lipinski definition) is 1. The number of phenolic OH excluding ortho intramolecular Hbond substituents is 1. The Balaban J connectivity index is 1.39. The highest BCUT2D eigenvalue weighted by Crippen LogP contribution is 2.39. The van der Waals surface area contributed by atoms with E-state index in [9.17, 15) is 9.90 Å². The van der Waals surface area contributed by atoms with E-state index < -0.39 is 0 Å². The Labute approximate surface area is 178 Å². The molecule has 1 aromatic carbocycles. The Morgan fingerprint density at radius 1 is 1.03 bits per heavy atom. The van der Waals surface area contributed by atoms with Crippen LogP contribution in [0.25, 0.3) is 5.00 Å². The number of fused-ring (bicyclic) bond motifs is 1. The summed E-state index contributed by atoms with van der Waals surface area (Å²) in [7, 11) is 0. The van der Waals surface area contributed by atoms with Crippen molar-refractivity contribution in [3.8, 4) is 10.8 Å². The maximum atomic E-state index is 13.6. The number of carbonyl (C=O) groups is 1. The molecule has 2 aromatic heterocycles. The van der Waals surface area contributed by atoms with Crippen LogP contribution in [0.3, 0.4) is 0 Å². The van der Waals surface area contributed by atoms with Crippen LogP contribution in [0.15, 0.2) is 48.8 Å². The van der Waals surface area contributed by atoms with Gasteiger partial charge in [0.2, 0.25) is 0 Å². The summed E-state index contributed by atoms with van der Waals surface area (Å²) in [5, 5.41) is 10.8. The molecule has 5 nitrogen and oxygen atoms in total. The van der Waals surface area contributed by atoms with Crippen LogP contribution in [0.5, 0.6) is 5.75 Å². The molecule has 5 rings (SSSR count). The molecule has 4 heterocycles. The highest BCUT2D eigenvalue weighted by Gasteiger charge is 2.31. The van der Waals surface area contributed by atoms with Gasteiger partial charge >= 0.3 is 0 Å². The molecule has 0 saturated carbocycles. The number of thioether (sulfide) groups is 1. The molecule has 150 valence electrons. The van der Waals surface area contributed by atoms with Crippen molar-refractivity contribution < 1.29 is 9.90 Å². The van der Waals surface area contributed by atoms with Gasteiger partial charge in [-0.1, -0.05) is 6.07 Å². The van der Waals surface area contributed by atoms with Crippen molar-refractivity contribution in [2.24, 2.45) is 0 Å². The normalized spacial score (nSPS) is 16.7. The SMILES string of the molecule is O=C(c1c(-n2cccc2)sc2c1CCSC2)N1CCN(c2cccc(O)c2)CC1. The minimum atomic E-state index is 0.161. The van der Waals surface area contributed by atoms with Gasteiger partial charge in [0.1, 0.15) is 10.8 Å². The molecule has 3 aromatic rings. The third-order valence-electron chi connectivity index (χ3n) is 5.62. The van der Waals surface area contributed by atoms with Crippen molar-refractivity contribution >= 4 is 34.7 Å². The standard InChI is InChI=1S/C22H23N3O2S2/c26-17-5-3-4-16(14-17)23-9-11-24(12-10-23)21(27)20-18-6-13-28-15-19(18)29-22(20)25-7-1-2-8-25/h1-5,7-8,14,26H,6,9-13,15H2. The zero-order valence-electron chi connectivity index (χ0n) is 16.1. The minimum absolute atomic E-state index is 0.161. The van der Waals surface area contributed by atoms with Gasteiger partial charge in [-0.25, -0.2) is 0 Å². The van der Waals surface area contributed by atoms with Crippen LogP contribution in [0.4, 0.5) is 5.69 Å². The van der Waals surface area contributed by atoms with Crippen LogP contribution in [0, 0.1) is 0 Å². The summed E-state index contributed by atoms with van der Waals surface area (Å²) in [4.78, 5) is 19.2. The summed E-state index contributed by atoms with van der Waals surface area (Å²) in [5.74, 6) is 2.53. The van der Waals surface area contributed by atoms with Gasteiger partial charge in [-0.2, -0.15) is 11.8 Å². The van der Waals surface area contributed by atoms with E-state index in [1.165, 1.54) is 10.4 Å². The van der Waals surface area contributed by atoms with Crippen LogP contribution in [0.2, 0.25) is 0 Å². The van der Waals surface area contributed by atoms with Crippen molar-refractivity contribution in [3.05, 3.63) is 64.8 Å². The summed E-state index contributed by atoms with van der Waals surface area (Å²) in [6, 6.07) is 11.4. The van der Waals surface area contributed by atoms with Crippen molar-refractivity contribution in [1.82, 2.24) is 9.47 Å². The number of aromatic hydroxyl groups is 1. The van der Waals surface area contributed by atoms with E-state index in [1.54, 1.807) is 23.5 Å². The van der Waals surface area contributed by atoms with Crippen LogP contribution in [-0.4, -0.2) is 52.4 Å². The molecule has 2 aliphatic rings. The third-order valence-corrected chi connectivity index (χ3v) is 8.03. The van der Waals surface area contributed by atoms with Gasteiger partial charge in [0.05, 0.1) is 5.56 Å². The molecule has 7 heteroatoms. The minimum Gasteiger partial charge on any atom is -0.508 e. The van der Waals surface area contributed by atoms with Gasteiger partial charge in [-0.3, -0.25) is 4.79 Å². The maximum Gasteiger partial charge on any atom is 0.257 e. The van der Waals surface area contributed by atoms with Gasteiger partial charge in [0.25, 0.3) is 5.91 Å². The monoisotopic (exact) mass is 425 g/mol. The molecule has 0 spiro atoms. The molecule has 1 N–H and O–H groups in total. The van der Waals surface area contributed by atoms with Crippen molar-refractivity contribution in [1.29, 1.82) is 0 Å². The second-order valence-corrected chi connectivity index (χ2v) is 9.56. The first kappa shape index (κ1) is 18.6. The third kappa shape index (κ3) is 3.53. The highest BCUT2D eigenvalue weighted by atomic mass is 32.2. The number of hydrogen-bond acceptors (Lipinski definition) is 5. The lowest BCUT2D eigenvalue weighted by atomic mass is 10.1. The number of nitrogens with zero attached hydrogens (tertiary/aromatic N) is 3. The van der Waals surface area contributed by atoms with Crippen molar-refractivity contribution in [3.63, 3.8) is 0 Å². The molecular formula is C22H23N3O2S2. The first-order valence-corrected chi connectivity index (χ1v) is 11.9. The fourth-order valence-corrected chi connectivity index (χ4v) is 6.54. The topological polar surface area (TPSA) is 48.7 Å². The second kappa shape index (κ2) is 7.80. The van der Waals surface area contributed by atoms with Gasteiger partial charge in [0, 0.05) is 61.0 Å². The fourth-order valence-electron chi connectivity index (χ4n) is 4.11. The Kier molecular flexibility index (Phi) is 5.01. The van der Waals surface area contributed by atoms with E-state index in [0.29, 0.717) is 13.1 Å². The predicted octanol–water partition coefficient (Wildman–Crippen LogP) is 4.00. The molecule has 29 heavy (non-hydrogen) atoms. The van der Waals surface area contributed by atoms with E-state index in [4.69, 9.17) is 0 Å².